The minimum atomic E-state index is -4.95. The summed E-state index contributed by atoms with van der Waals surface area (Å²) in [5.41, 5.74) is 0. The Labute approximate surface area is 817 Å². The molecule has 0 bridgehead atoms. The SMILES string of the molecule is CCCCC/C=C\C/C=C\C/C=C\C/C=C\CCCCCCCCCCCCCCCCCCCC(=O)OCC(O)COP(=O)(O)OCC(O)COP(=O)(O)OCC(COC(=O)CCCCCCCCCCCCCCCCCCC/C=C\C/C=C\C/C=C\C/C=C\CCCCC)OC(=O)CCCCCCCCCCCCCCCCC/C=C\C/C=C\C/C=C\C/C=C\CCCCC. The van der Waals surface area contributed by atoms with Crippen molar-refractivity contribution in [2.45, 2.75) is 527 Å². The van der Waals surface area contributed by atoms with Gasteiger partial charge >= 0.3 is 33.6 Å². The molecule has 0 aromatic rings. The van der Waals surface area contributed by atoms with Crippen LogP contribution in [-0.2, 0) is 55.8 Å². The highest BCUT2D eigenvalue weighted by atomic mass is 31.2. The van der Waals surface area contributed by atoms with E-state index in [1.807, 2.05) is 0 Å². The zero-order valence-corrected chi connectivity index (χ0v) is 87.4. The van der Waals surface area contributed by atoms with Gasteiger partial charge in [0.15, 0.2) is 6.10 Å². The predicted molar refractivity (Wildman–Crippen MR) is 565 cm³/mol. The Kier molecular flexibility index (Phi) is 103. The summed E-state index contributed by atoms with van der Waals surface area (Å²) in [4.78, 5) is 59.3. The Bertz CT molecular complexity index is 3000. The van der Waals surface area contributed by atoms with Gasteiger partial charge in [0, 0.05) is 19.3 Å². The van der Waals surface area contributed by atoms with E-state index in [1.54, 1.807) is 0 Å². The molecule has 0 saturated heterocycles. The highest BCUT2D eigenvalue weighted by molar-refractivity contribution is 7.47. The maximum Gasteiger partial charge on any atom is 0.472 e. The second-order valence-corrected chi connectivity index (χ2v) is 40.0. The number of unbranched alkanes of at least 4 members (excludes halogenated alkanes) is 58. The fourth-order valence-electron chi connectivity index (χ4n) is 15.6. The van der Waals surface area contributed by atoms with Crippen molar-refractivity contribution < 1.29 is 75.8 Å². The Hall–Kier alpha value is -4.57. The van der Waals surface area contributed by atoms with Gasteiger partial charge in [0.1, 0.15) is 25.4 Å². The smallest absolute Gasteiger partial charge is 0.463 e. The van der Waals surface area contributed by atoms with Gasteiger partial charge in [-0.25, -0.2) is 9.13 Å². The van der Waals surface area contributed by atoms with Crippen LogP contribution in [0.15, 0.2) is 146 Å². The molecule has 0 rings (SSSR count). The largest absolute Gasteiger partial charge is 0.472 e. The van der Waals surface area contributed by atoms with E-state index in [1.165, 1.54) is 327 Å². The van der Waals surface area contributed by atoms with Crippen molar-refractivity contribution in [2.24, 2.45) is 0 Å². The molecule has 133 heavy (non-hydrogen) atoms. The van der Waals surface area contributed by atoms with E-state index < -0.39 is 91.5 Å². The van der Waals surface area contributed by atoms with E-state index in [9.17, 15) is 43.5 Å². The minimum absolute atomic E-state index is 0.105. The molecule has 0 aromatic heterocycles. The fraction of sp³-hybridized carbons (Fsp3) is 0.765. The number of hydrogen-bond acceptors (Lipinski definition) is 14. The summed E-state index contributed by atoms with van der Waals surface area (Å²) in [7, 11) is -9.82. The van der Waals surface area contributed by atoms with Crippen LogP contribution in [0.2, 0.25) is 0 Å². The Morgan fingerprint density at radius 1 is 0.211 bits per heavy atom. The van der Waals surface area contributed by atoms with Gasteiger partial charge in [0.25, 0.3) is 0 Å². The zero-order valence-electron chi connectivity index (χ0n) is 85.7. The van der Waals surface area contributed by atoms with Gasteiger partial charge in [-0.3, -0.25) is 32.5 Å². The van der Waals surface area contributed by atoms with Crippen molar-refractivity contribution >= 4 is 33.6 Å². The van der Waals surface area contributed by atoms with E-state index in [0.29, 0.717) is 19.3 Å². The molecular weight excluding hydrogens is 1700 g/mol. The van der Waals surface area contributed by atoms with Gasteiger partial charge in [0.2, 0.25) is 0 Å². The number of hydrogen-bond donors (Lipinski definition) is 4. The second kappa shape index (κ2) is 106. The quantitative estimate of drug-likeness (QED) is 0.0146. The predicted octanol–water partition coefficient (Wildman–Crippen LogP) is 35.4. The van der Waals surface area contributed by atoms with Crippen molar-refractivity contribution in [1.82, 2.24) is 0 Å². The molecule has 18 heteroatoms. The van der Waals surface area contributed by atoms with E-state index in [0.717, 1.165) is 122 Å². The number of phosphoric ester groups is 2. The first-order valence-corrected chi connectivity index (χ1v) is 58.1. The monoisotopic (exact) mass is 1900 g/mol. The van der Waals surface area contributed by atoms with Gasteiger partial charge < -0.3 is 34.2 Å². The molecule has 16 nitrogen and oxygen atoms in total. The highest BCUT2D eigenvalue weighted by Gasteiger charge is 2.30. The van der Waals surface area contributed by atoms with Gasteiger partial charge in [0.05, 0.1) is 26.4 Å². The average molecular weight is 1900 g/mol. The summed E-state index contributed by atoms with van der Waals surface area (Å²) in [6.45, 7) is 2.71. The number of carbonyl (C=O) groups is 3. The number of esters is 3. The number of aliphatic hydroxyl groups excluding tert-OH is 2. The van der Waals surface area contributed by atoms with Gasteiger partial charge in [-0.15, -0.1) is 0 Å². The molecule has 5 unspecified atom stereocenters. The molecule has 0 radical (unpaired) electrons. The molecule has 0 saturated carbocycles. The molecule has 0 aromatic carbocycles. The molecular formula is C115H204O16P2. The highest BCUT2D eigenvalue weighted by Crippen LogP contribution is 2.45. The third kappa shape index (κ3) is 108. The van der Waals surface area contributed by atoms with Crippen LogP contribution >= 0.6 is 15.6 Å². The summed E-state index contributed by atoms with van der Waals surface area (Å²) < 4.78 is 61.8. The van der Waals surface area contributed by atoms with E-state index >= 15 is 0 Å². The number of rotatable bonds is 105. The summed E-state index contributed by atoms with van der Waals surface area (Å²) in [5.74, 6) is -1.55. The average Bonchev–Trinajstić information content (AvgIpc) is 0.896. The number of carbonyl (C=O) groups excluding carboxylic acids is 3. The minimum Gasteiger partial charge on any atom is -0.463 e. The first kappa shape index (κ1) is 128. The molecule has 0 fully saturated rings. The van der Waals surface area contributed by atoms with E-state index in [4.69, 9.17) is 32.3 Å². The lowest BCUT2D eigenvalue weighted by Gasteiger charge is -2.21. The molecule has 4 N–H and O–H groups in total. The Morgan fingerprint density at radius 2 is 0.376 bits per heavy atom. The fourth-order valence-corrected chi connectivity index (χ4v) is 17.2. The zero-order chi connectivity index (χ0) is 96.4. The standard InChI is InChI=1S/C115H204O16P2/c1-4-7-10-13-16-19-22-25-28-31-34-37-40-43-46-49-52-54-57-59-62-65-68-71-74-77-80-83-86-89-92-95-98-101-113(118)125-104-110(116)105-127-132(121,122)128-106-111(117)107-129-133(123,124)130-109-112(131-115(120)103-100-97-94-91-88-85-82-79-76-73-70-67-64-61-56-51-48-45-42-39-36-33-30-27-24-21-18-15-12-9-6-3)108-126-114(119)102-99-96-93-90-87-84-81-78-75-72-69-66-63-60-58-55-53-50-47-44-41-38-35-32-29-26-23-20-17-14-11-8-5-2/h16-21,25-30,34-39,43-48,110-112,116-117H,4-15,22-24,31-33,40-42,49-109H2,1-3H3,(H,121,122)(H,123,124)/b19-16-,20-17-,21-18-,28-25-,29-26-,30-27-,37-34-,38-35-,39-36-,46-43-,47-44-,48-45-. The third-order valence-corrected chi connectivity index (χ3v) is 25.9. The number of ether oxygens (including phenoxy) is 3. The van der Waals surface area contributed by atoms with Gasteiger partial charge in [-0.2, -0.15) is 0 Å². The van der Waals surface area contributed by atoms with Crippen LogP contribution < -0.4 is 0 Å². The maximum atomic E-state index is 13.2. The summed E-state index contributed by atoms with van der Waals surface area (Å²) >= 11 is 0. The third-order valence-electron chi connectivity index (χ3n) is 24.0. The first-order valence-electron chi connectivity index (χ1n) is 55.1. The number of allylic oxidation sites excluding steroid dienone is 24. The van der Waals surface area contributed by atoms with Crippen molar-refractivity contribution in [3.05, 3.63) is 146 Å². The van der Waals surface area contributed by atoms with Crippen molar-refractivity contribution in [3.63, 3.8) is 0 Å². The van der Waals surface area contributed by atoms with Crippen LogP contribution in [0.25, 0.3) is 0 Å². The van der Waals surface area contributed by atoms with Crippen LogP contribution in [-0.4, -0.2) is 95.9 Å². The van der Waals surface area contributed by atoms with Crippen LogP contribution in [0.3, 0.4) is 0 Å². The molecule has 0 aliphatic carbocycles. The topological polar surface area (TPSA) is 231 Å². The molecule has 0 aliphatic heterocycles. The molecule has 0 amide bonds. The van der Waals surface area contributed by atoms with Crippen molar-refractivity contribution in [3.8, 4) is 0 Å². The summed E-state index contributed by atoms with van der Waals surface area (Å²) in [5, 5.41) is 20.8. The number of phosphoric acid groups is 2. The van der Waals surface area contributed by atoms with Crippen LogP contribution in [0.1, 0.15) is 509 Å². The van der Waals surface area contributed by atoms with Crippen LogP contribution in [0, 0.1) is 0 Å². The molecule has 770 valence electrons. The first-order chi connectivity index (χ1) is 65.2. The van der Waals surface area contributed by atoms with Gasteiger partial charge in [-0.05, 0) is 154 Å². The normalized spacial score (nSPS) is 14.1. The van der Waals surface area contributed by atoms with Crippen molar-refractivity contribution in [1.29, 1.82) is 0 Å². The molecule has 0 spiro atoms. The lowest BCUT2D eigenvalue weighted by molar-refractivity contribution is -0.161. The summed E-state index contributed by atoms with van der Waals surface area (Å²) in [6, 6.07) is 0. The molecule has 5 atom stereocenters. The Morgan fingerprint density at radius 3 is 0.594 bits per heavy atom. The van der Waals surface area contributed by atoms with E-state index in [2.05, 4.69) is 167 Å². The number of aliphatic hydroxyl groups is 2. The lowest BCUT2D eigenvalue weighted by Crippen LogP contribution is -2.30. The van der Waals surface area contributed by atoms with Crippen LogP contribution in [0.4, 0.5) is 0 Å². The lowest BCUT2D eigenvalue weighted by atomic mass is 10.0. The maximum absolute atomic E-state index is 13.2. The van der Waals surface area contributed by atoms with Gasteiger partial charge in [-0.1, -0.05) is 481 Å². The molecule has 0 aliphatic rings. The van der Waals surface area contributed by atoms with E-state index in [-0.39, 0.29) is 19.3 Å². The van der Waals surface area contributed by atoms with Crippen LogP contribution in [0.5, 0.6) is 0 Å². The van der Waals surface area contributed by atoms with Crippen molar-refractivity contribution in [2.75, 3.05) is 39.6 Å². The second-order valence-electron chi connectivity index (χ2n) is 37.1. The summed E-state index contributed by atoms with van der Waals surface area (Å²) in [6.07, 6.45) is 138. The Balaban J connectivity index is 4.60. The molecule has 0 heterocycles.